The molecule has 25 rings (SSSR count). The van der Waals surface area contributed by atoms with E-state index in [2.05, 4.69) is 341 Å². The molecule has 0 aliphatic heterocycles. The Balaban J connectivity index is 0.0000000961. The lowest BCUT2D eigenvalue weighted by Gasteiger charge is -2.11. The van der Waals surface area contributed by atoms with E-state index in [1.807, 2.05) is 17.4 Å². The Morgan fingerprint density at radius 1 is 0.240 bits per heavy atom. The van der Waals surface area contributed by atoms with Crippen molar-refractivity contribution in [1.82, 2.24) is 13.7 Å². The van der Waals surface area contributed by atoms with E-state index in [-0.39, 0.29) is 0 Å². The lowest BCUT2D eigenvalue weighted by atomic mass is 9.95. The van der Waals surface area contributed by atoms with Gasteiger partial charge in [0, 0.05) is 64.2 Å². The minimum Gasteiger partial charge on any atom is -0.454 e. The molecule has 484 valence electrons. The molecule has 22 aromatic rings. The van der Waals surface area contributed by atoms with E-state index in [1.54, 1.807) is 0 Å². The highest BCUT2D eigenvalue weighted by Crippen LogP contribution is 2.51. The van der Waals surface area contributed by atoms with Gasteiger partial charge >= 0.3 is 0 Å². The number of aromatic nitrogens is 3. The lowest BCUT2D eigenvalue weighted by molar-refractivity contribution is 0.666. The van der Waals surface area contributed by atoms with Crippen LogP contribution in [0, 0.1) is 0 Å². The van der Waals surface area contributed by atoms with Crippen LogP contribution in [-0.2, 0) is 19.3 Å². The molecule has 0 fully saturated rings. The predicted octanol–water partition coefficient (Wildman–Crippen LogP) is 26.8. The lowest BCUT2D eigenvalue weighted by Crippen LogP contribution is -1.94. The number of nitrogens with zero attached hydrogens (tertiary/aromatic N) is 3. The summed E-state index contributed by atoms with van der Waals surface area (Å²) in [4.78, 5) is 0. The molecule has 0 unspecified atom stereocenters. The van der Waals surface area contributed by atoms with E-state index < -0.39 is 0 Å². The molecule has 3 aliphatic rings. The first-order chi connectivity index (χ1) is 51.6. The highest BCUT2D eigenvalue weighted by molar-refractivity contribution is 7.26. The first-order valence-electron chi connectivity index (χ1n) is 36.2. The van der Waals surface area contributed by atoms with Gasteiger partial charge in [-0.3, -0.25) is 0 Å². The van der Waals surface area contributed by atoms with Crippen LogP contribution < -0.4 is 0 Å². The average Bonchev–Trinajstić information content (AvgIpc) is 1.56. The summed E-state index contributed by atoms with van der Waals surface area (Å²) in [6, 6.07) is 122. The molecule has 5 aromatic heterocycles. The summed E-state index contributed by atoms with van der Waals surface area (Å²) in [5, 5.41) is 21.1. The number of furan rings is 1. The molecular formula is C99H61N3OS. The van der Waals surface area contributed by atoms with Gasteiger partial charge in [-0.25, -0.2) is 0 Å². The SMILES string of the molecule is c1ccc(-n2c3ccccc3c3c4c5c(ccc4ccc32)-c2ccccc2C5)cc1.c1ccc2c(c1)Cc1c-2ccc2ccc3c(c4ccccc4n3-c3cccc4c3oc3ccccc34)c12.c1ccc2c(c1)Cc1c-2ccc2ccc3c(c4ccccc4n3-c3cccc4c3sc3ccccc34)c12. The number of rotatable bonds is 3. The van der Waals surface area contributed by atoms with Crippen molar-refractivity contribution in [1.29, 1.82) is 0 Å². The van der Waals surface area contributed by atoms with Crippen LogP contribution in [0.3, 0.4) is 0 Å². The van der Waals surface area contributed by atoms with Crippen molar-refractivity contribution in [2.24, 2.45) is 0 Å². The van der Waals surface area contributed by atoms with Gasteiger partial charge in [-0.1, -0.05) is 261 Å². The van der Waals surface area contributed by atoms with Crippen molar-refractivity contribution >= 4 is 151 Å². The second-order valence-corrected chi connectivity index (χ2v) is 29.4. The summed E-state index contributed by atoms with van der Waals surface area (Å²) in [6.45, 7) is 0. The third-order valence-electron chi connectivity index (χ3n) is 23.1. The zero-order valence-corrected chi connectivity index (χ0v) is 57.4. The summed E-state index contributed by atoms with van der Waals surface area (Å²) >= 11 is 1.90. The highest BCUT2D eigenvalue weighted by Gasteiger charge is 2.29. The molecule has 0 N–H and O–H groups in total. The topological polar surface area (TPSA) is 27.9 Å². The van der Waals surface area contributed by atoms with Gasteiger partial charge in [0.1, 0.15) is 5.58 Å². The van der Waals surface area contributed by atoms with Crippen molar-refractivity contribution in [2.45, 2.75) is 19.3 Å². The quantitative estimate of drug-likeness (QED) is 0.173. The third kappa shape index (κ3) is 8.24. The maximum atomic E-state index is 6.49. The Morgan fingerprint density at radius 2 is 0.625 bits per heavy atom. The fourth-order valence-electron chi connectivity index (χ4n) is 18.7. The molecule has 0 amide bonds. The summed E-state index contributed by atoms with van der Waals surface area (Å²) in [5.74, 6) is 0. The first-order valence-corrected chi connectivity index (χ1v) is 37.0. The summed E-state index contributed by atoms with van der Waals surface area (Å²) in [6.07, 6.45) is 2.97. The number of hydrogen-bond acceptors (Lipinski definition) is 2. The number of fused-ring (bicyclic) bond motifs is 33. The van der Waals surface area contributed by atoms with Crippen LogP contribution >= 0.6 is 11.3 Å². The molecule has 3 aliphatic carbocycles. The number of hydrogen-bond donors (Lipinski definition) is 0. The second-order valence-electron chi connectivity index (χ2n) is 28.3. The molecule has 0 bridgehead atoms. The van der Waals surface area contributed by atoms with Crippen LogP contribution in [0.4, 0.5) is 0 Å². The zero-order valence-electron chi connectivity index (χ0n) is 56.5. The largest absolute Gasteiger partial charge is 0.454 e. The van der Waals surface area contributed by atoms with E-state index in [9.17, 15) is 0 Å². The van der Waals surface area contributed by atoms with E-state index >= 15 is 0 Å². The first kappa shape index (κ1) is 57.7. The van der Waals surface area contributed by atoms with Crippen LogP contribution in [0.2, 0.25) is 0 Å². The molecule has 0 saturated heterocycles. The summed E-state index contributed by atoms with van der Waals surface area (Å²) in [7, 11) is 0. The maximum absolute atomic E-state index is 6.49. The molecule has 0 atom stereocenters. The van der Waals surface area contributed by atoms with Gasteiger partial charge in [0.2, 0.25) is 0 Å². The fraction of sp³-hybridized carbons (Fsp3) is 0.0303. The fourth-order valence-corrected chi connectivity index (χ4v) is 19.9. The van der Waals surface area contributed by atoms with E-state index in [0.29, 0.717) is 0 Å². The van der Waals surface area contributed by atoms with Crippen LogP contribution in [0.15, 0.2) is 338 Å². The summed E-state index contributed by atoms with van der Waals surface area (Å²) in [5.41, 5.74) is 29.8. The van der Waals surface area contributed by atoms with Gasteiger partial charge < -0.3 is 18.1 Å². The van der Waals surface area contributed by atoms with Crippen molar-refractivity contribution in [3.8, 4) is 50.4 Å². The Labute approximate surface area is 602 Å². The van der Waals surface area contributed by atoms with Crippen molar-refractivity contribution in [3.05, 3.63) is 367 Å². The van der Waals surface area contributed by atoms with Crippen LogP contribution in [0.25, 0.3) is 190 Å². The van der Waals surface area contributed by atoms with Crippen molar-refractivity contribution < 1.29 is 4.42 Å². The molecule has 0 saturated carbocycles. The van der Waals surface area contributed by atoms with Gasteiger partial charge in [-0.15, -0.1) is 11.3 Å². The smallest absolute Gasteiger partial charge is 0.159 e. The monoisotopic (exact) mass is 1340 g/mol. The number of thiophene rings is 1. The minimum absolute atomic E-state index is 0.923. The average molecular weight is 1340 g/mol. The van der Waals surface area contributed by atoms with E-state index in [0.717, 1.165) is 46.9 Å². The second kappa shape index (κ2) is 22.2. The van der Waals surface area contributed by atoms with Gasteiger partial charge in [-0.05, 0) is 191 Å². The molecule has 17 aromatic carbocycles. The highest BCUT2D eigenvalue weighted by atomic mass is 32.1. The van der Waals surface area contributed by atoms with Crippen LogP contribution in [0.1, 0.15) is 33.4 Å². The summed E-state index contributed by atoms with van der Waals surface area (Å²) < 4.78 is 16.5. The molecule has 5 heteroatoms. The number of para-hydroxylation sites is 6. The molecule has 5 heterocycles. The van der Waals surface area contributed by atoms with E-state index in [1.165, 1.54) is 196 Å². The van der Waals surface area contributed by atoms with Crippen LogP contribution in [-0.4, -0.2) is 13.7 Å². The molecule has 0 radical (unpaired) electrons. The maximum Gasteiger partial charge on any atom is 0.159 e. The van der Waals surface area contributed by atoms with E-state index in [4.69, 9.17) is 4.42 Å². The predicted molar refractivity (Wildman–Crippen MR) is 440 cm³/mol. The molecule has 0 spiro atoms. The van der Waals surface area contributed by atoms with Crippen molar-refractivity contribution in [2.75, 3.05) is 0 Å². The Kier molecular flexibility index (Phi) is 12.3. The van der Waals surface area contributed by atoms with Gasteiger partial charge in [0.05, 0.1) is 49.2 Å². The Bertz CT molecular complexity index is 7140. The normalized spacial score (nSPS) is 12.7. The van der Waals surface area contributed by atoms with Gasteiger partial charge in [0.15, 0.2) is 5.58 Å². The van der Waals surface area contributed by atoms with Gasteiger partial charge in [-0.2, -0.15) is 0 Å². The van der Waals surface area contributed by atoms with Gasteiger partial charge in [0.25, 0.3) is 0 Å². The zero-order chi connectivity index (χ0) is 67.8. The number of benzene rings is 17. The minimum atomic E-state index is 0.923. The van der Waals surface area contributed by atoms with Crippen LogP contribution in [0.5, 0.6) is 0 Å². The Hall–Kier alpha value is -13.1. The Morgan fingerprint density at radius 3 is 1.15 bits per heavy atom. The third-order valence-corrected chi connectivity index (χ3v) is 24.3. The standard InChI is InChI=1S/C35H21NO.C35H21NS.C29H19N/c2*1-2-9-23-22(8-1)20-28-24(23)18-16-21-17-19-30-34(33(21)28)27-11-3-5-13-29(27)36(30)31-14-7-12-26-25-10-4-6-15-32(25)37-35(26)31;1-2-9-21(10-3-1)30-26-13-7-6-12-24(26)29-27(30)17-15-19-14-16-23-22-11-5-4-8-20(22)18-25(23)28(19)29/h2*1-19H,20H2;1-17H,18H2. The molecule has 4 nitrogen and oxygen atoms in total. The molecule has 104 heavy (non-hydrogen) atoms. The van der Waals surface area contributed by atoms with Crippen molar-refractivity contribution in [3.63, 3.8) is 0 Å². The molecular weight excluding hydrogens is 1280 g/mol.